The number of phenolic OH excluding ortho intramolecular Hbond substituents is 2. The van der Waals surface area contributed by atoms with E-state index in [-0.39, 0.29) is 21.9 Å². The molecule has 0 amide bonds. The molecule has 14 heteroatoms. The first-order valence-electron chi connectivity index (χ1n) is 17.1. The molecule has 0 fully saturated rings. The first kappa shape index (κ1) is 33.6. The van der Waals surface area contributed by atoms with Crippen LogP contribution < -0.4 is 0 Å². The molecule has 0 bridgehead atoms. The van der Waals surface area contributed by atoms with Crippen LogP contribution in [0.15, 0.2) is 105 Å². The Labute approximate surface area is 302 Å². The maximum absolute atomic E-state index is 13.0. The van der Waals surface area contributed by atoms with Gasteiger partial charge in [-0.3, -0.25) is 9.11 Å². The summed E-state index contributed by atoms with van der Waals surface area (Å²) in [5.41, 5.74) is 8.72. The lowest BCUT2D eigenvalue weighted by atomic mass is 9.87. The monoisotopic (exact) mass is 738 g/mol. The molecule has 6 aromatic rings. The summed E-state index contributed by atoms with van der Waals surface area (Å²) in [7, 11) is -10.0. The lowest BCUT2D eigenvalue weighted by molar-refractivity contribution is 0.472. The largest absolute Gasteiger partial charge is 0.505 e. The zero-order valence-corrected chi connectivity index (χ0v) is 29.6. The van der Waals surface area contributed by atoms with Crippen LogP contribution in [0.1, 0.15) is 37.8 Å². The van der Waals surface area contributed by atoms with Crippen LogP contribution in [-0.4, -0.2) is 36.2 Å². The second-order valence-electron chi connectivity index (χ2n) is 12.3. The first-order valence-corrected chi connectivity index (χ1v) is 19.1. The Morgan fingerprint density at radius 2 is 0.962 bits per heavy atom. The van der Waals surface area contributed by atoms with E-state index in [1.807, 2.05) is 26.0 Å². The second kappa shape index (κ2) is 13.9. The number of rotatable bonds is 11. The Hall–Kier alpha value is -5.54. The number of aromatic hydroxyl groups is 2. The topological polar surface area (TPSA) is 222 Å². The number of nitrogens with one attached hydrogen (secondary N) is 2. The predicted octanol–water partition coefficient (Wildman–Crippen LogP) is 10.1. The van der Waals surface area contributed by atoms with Gasteiger partial charge < -0.3 is 10.2 Å². The Bertz CT molecular complexity index is 2570. The van der Waals surface area contributed by atoms with Gasteiger partial charge in [0.15, 0.2) is 11.5 Å². The Morgan fingerprint density at radius 3 is 1.29 bits per heavy atom. The minimum atomic E-state index is -5.02. The lowest BCUT2D eigenvalue weighted by Crippen LogP contribution is -2.05. The van der Waals surface area contributed by atoms with E-state index in [9.17, 15) is 36.2 Å². The van der Waals surface area contributed by atoms with Gasteiger partial charge in [0.1, 0.15) is 21.2 Å². The molecule has 6 N–H and O–H groups in total. The molecule has 52 heavy (non-hydrogen) atoms. The maximum Gasteiger partial charge on any atom is 0.297 e. The van der Waals surface area contributed by atoms with Gasteiger partial charge in [0, 0.05) is 21.9 Å². The molecule has 0 saturated carbocycles. The maximum atomic E-state index is 13.0. The SMILES string of the molecule is [H]/N=N/c1c(S(=O)(=O)O)c(-c2ccc(-c3ccc(-c4c(S(=O)(=O)O)c(/N=N/[H])c(O)c5ccccc45)c(CCC)c3)cc2CCC)c2ccccc2c1O. The number of phenols is 2. The van der Waals surface area contributed by atoms with Gasteiger partial charge in [0.25, 0.3) is 20.2 Å². The average molecular weight is 739 g/mol. The van der Waals surface area contributed by atoms with Crippen LogP contribution in [-0.2, 0) is 33.1 Å². The molecule has 0 aliphatic rings. The summed E-state index contributed by atoms with van der Waals surface area (Å²) in [5.74, 6) is -1.10. The van der Waals surface area contributed by atoms with E-state index in [0.717, 1.165) is 11.1 Å². The molecule has 0 heterocycles. The first-order chi connectivity index (χ1) is 25.8. The van der Waals surface area contributed by atoms with Crippen molar-refractivity contribution in [3.8, 4) is 44.9 Å². The Kier molecular flexibility index (Phi) is 8.97. The van der Waals surface area contributed by atoms with Crippen molar-refractivity contribution < 1.29 is 39.0 Å². The highest BCUT2D eigenvalue weighted by Gasteiger charge is 2.31. The standard InChI is InChI=1S/C38H34N4O8S2/c1-3-9-23-19-21(15-17-25(23)31-27-11-5-7-13-29(27)35(43)33(41-39)37(31)51(45,46)47)22-16-18-26(24(20-22)10-4-2)32-28-12-6-8-14-30(28)36(44)34(42-40)38(32)52(48,49)50/h5-8,11-20,39-40,43-44H,3-4,9-10H2,1-2H3,(H,45,46,47)(H,48,49,50)/b41-39+,42-40+. The number of aryl methyl sites for hydroxylation is 2. The van der Waals surface area contributed by atoms with Crippen molar-refractivity contribution in [2.75, 3.05) is 0 Å². The van der Waals surface area contributed by atoms with Gasteiger partial charge >= 0.3 is 0 Å². The van der Waals surface area contributed by atoms with Crippen LogP contribution in [0, 0.1) is 11.0 Å². The third-order valence-electron chi connectivity index (χ3n) is 9.07. The zero-order chi connectivity index (χ0) is 38.9. The van der Waals surface area contributed by atoms with Gasteiger partial charge in [-0.05, 0) is 57.0 Å². The van der Waals surface area contributed by atoms with E-state index in [1.165, 1.54) is 0 Å². The Morgan fingerprint density at radius 1 is 0.596 bits per heavy atom. The summed E-state index contributed by atoms with van der Waals surface area (Å²) >= 11 is 0. The molecule has 0 radical (unpaired) electrons. The fourth-order valence-corrected chi connectivity index (χ4v) is 8.70. The molecule has 0 aliphatic carbocycles. The van der Waals surface area contributed by atoms with E-state index in [4.69, 9.17) is 2.82 Å². The van der Waals surface area contributed by atoms with Crippen molar-refractivity contribution in [3.63, 3.8) is 0 Å². The smallest absolute Gasteiger partial charge is 0.297 e. The molecule has 0 unspecified atom stereocenters. The van der Waals surface area contributed by atoms with E-state index < -0.39 is 52.9 Å². The van der Waals surface area contributed by atoms with Crippen LogP contribution in [0.25, 0.3) is 54.9 Å². The molecule has 6 rings (SSSR count). The van der Waals surface area contributed by atoms with Crippen molar-refractivity contribution >= 4 is 53.2 Å². The summed E-state index contributed by atoms with van der Waals surface area (Å²) in [6.45, 7) is 3.90. The van der Waals surface area contributed by atoms with E-state index in [0.29, 0.717) is 58.7 Å². The fraction of sp³-hybridized carbons (Fsp3) is 0.158. The van der Waals surface area contributed by atoms with Gasteiger partial charge in [0.05, 0.1) is 0 Å². The van der Waals surface area contributed by atoms with Gasteiger partial charge in [-0.1, -0.05) is 112 Å². The van der Waals surface area contributed by atoms with Crippen LogP contribution in [0.5, 0.6) is 11.5 Å². The quantitative estimate of drug-likeness (QED) is 0.0553. The summed E-state index contributed by atoms with van der Waals surface area (Å²) in [6, 6.07) is 23.7. The number of fused-ring (bicyclic) bond motifs is 2. The van der Waals surface area contributed by atoms with Gasteiger partial charge in [-0.25, -0.2) is 11.0 Å². The van der Waals surface area contributed by atoms with E-state index >= 15 is 0 Å². The van der Waals surface area contributed by atoms with Gasteiger partial charge in [0.2, 0.25) is 2.82 Å². The van der Waals surface area contributed by atoms with Crippen molar-refractivity contribution in [1.82, 2.24) is 0 Å². The van der Waals surface area contributed by atoms with Crippen molar-refractivity contribution in [1.29, 1.82) is 11.0 Å². The molecule has 0 aromatic heterocycles. The third-order valence-corrected chi connectivity index (χ3v) is 10.9. The summed E-state index contributed by atoms with van der Waals surface area (Å²) in [4.78, 5) is -1.37. The molecule has 0 atom stereocenters. The summed E-state index contributed by atoms with van der Waals surface area (Å²) < 4.78 is 87.4. The van der Waals surface area contributed by atoms with E-state index in [1.54, 1.807) is 72.8 Å². The minimum Gasteiger partial charge on any atom is -0.505 e. The van der Waals surface area contributed by atoms with Crippen LogP contribution in [0.4, 0.5) is 11.4 Å². The van der Waals surface area contributed by atoms with Crippen LogP contribution >= 0.6 is 0 Å². The number of benzene rings is 6. The highest BCUT2D eigenvalue weighted by atomic mass is 32.2. The molecular weight excluding hydrogens is 705 g/mol. The predicted molar refractivity (Wildman–Crippen MR) is 198 cm³/mol. The van der Waals surface area contributed by atoms with Crippen molar-refractivity contribution in [2.45, 2.75) is 49.3 Å². The van der Waals surface area contributed by atoms with E-state index in [2.05, 4.69) is 21.3 Å². The molecule has 266 valence electrons. The highest BCUT2D eigenvalue weighted by Crippen LogP contribution is 2.50. The molecule has 0 aliphatic heterocycles. The number of hydrogen-bond acceptors (Lipinski definition) is 10. The molecule has 12 nitrogen and oxygen atoms in total. The third kappa shape index (κ3) is 6.19. The molecule has 0 spiro atoms. The summed E-state index contributed by atoms with van der Waals surface area (Å²) in [6.07, 6.45) is 2.25. The highest BCUT2D eigenvalue weighted by molar-refractivity contribution is 7.86. The molecule has 0 saturated heterocycles. The van der Waals surface area contributed by atoms with Crippen molar-refractivity contribution in [3.05, 3.63) is 96.1 Å². The van der Waals surface area contributed by atoms with Crippen LogP contribution in [0.2, 0.25) is 2.82 Å². The summed E-state index contributed by atoms with van der Waals surface area (Å²) in [5, 5.41) is 30.3. The zero-order valence-electron chi connectivity index (χ0n) is 29.9. The fourth-order valence-electron chi connectivity index (χ4n) is 6.98. The average Bonchev–Trinajstić information content (AvgIpc) is 3.13. The van der Waals surface area contributed by atoms with Crippen molar-refractivity contribution in [2.24, 2.45) is 10.2 Å². The number of hydrogen-bond donors (Lipinski definition) is 6. The minimum absolute atomic E-state index is 0.0860. The molecule has 6 aromatic carbocycles. The van der Waals surface area contributed by atoms with Gasteiger partial charge in [-0.15, -0.1) is 0 Å². The normalized spacial score (nSPS) is 13.0. The number of nitrogens with zero attached hydrogens (tertiary/aromatic N) is 2. The molecular formula is C38H34N4O8S2. The van der Waals surface area contributed by atoms with Crippen LogP contribution in [0.3, 0.4) is 0 Å². The Balaban J connectivity index is 1.63. The second-order valence-corrected chi connectivity index (χ2v) is 15.0. The van der Waals surface area contributed by atoms with Gasteiger partial charge in [-0.2, -0.15) is 27.1 Å². The lowest BCUT2D eigenvalue weighted by Gasteiger charge is -2.20.